The van der Waals surface area contributed by atoms with Crippen molar-refractivity contribution in [1.29, 1.82) is 0 Å². The number of amides is 1. The topological polar surface area (TPSA) is 42.0 Å². The third-order valence-corrected chi connectivity index (χ3v) is 2.73. The van der Waals surface area contributed by atoms with Crippen LogP contribution in [0, 0.1) is 0 Å². The van der Waals surface area contributed by atoms with E-state index in [9.17, 15) is 4.79 Å². The molecule has 0 bridgehead atoms. The smallest absolute Gasteiger partial charge is 0.251 e. The van der Waals surface area contributed by atoms with Crippen molar-refractivity contribution >= 4 is 29.1 Å². The molecular weight excluding hydrogens is 247 g/mol. The molecule has 0 saturated carbocycles. The van der Waals surface area contributed by atoms with Gasteiger partial charge in [0.05, 0.1) is 0 Å². The third-order valence-electron chi connectivity index (χ3n) is 2.35. The van der Waals surface area contributed by atoms with Crippen LogP contribution in [0.4, 0.5) is 0 Å². The van der Waals surface area contributed by atoms with Crippen molar-refractivity contribution < 1.29 is 4.79 Å². The minimum Gasteiger partial charge on any atom is -0.349 e. The minimum atomic E-state index is -0.167. The fourth-order valence-corrected chi connectivity index (χ4v) is 1.82. The molecule has 0 aliphatic rings. The summed E-state index contributed by atoms with van der Waals surface area (Å²) in [5, 5.41) is 3.35. The van der Waals surface area contributed by atoms with Gasteiger partial charge in [0.1, 0.15) is 10.3 Å². The largest absolute Gasteiger partial charge is 0.349 e. The molecule has 1 aromatic rings. The van der Waals surface area contributed by atoms with Gasteiger partial charge < -0.3 is 5.32 Å². The fourth-order valence-electron chi connectivity index (χ4n) is 1.36. The van der Waals surface area contributed by atoms with Gasteiger partial charge >= 0.3 is 0 Å². The molecule has 0 spiro atoms. The van der Waals surface area contributed by atoms with Crippen LogP contribution in [-0.4, -0.2) is 16.9 Å². The molecule has 1 rings (SSSR count). The predicted molar refractivity (Wildman–Crippen MR) is 66.1 cm³/mol. The number of rotatable bonds is 4. The number of halogens is 2. The summed E-state index contributed by atoms with van der Waals surface area (Å²) in [5.74, 6) is -0.167. The molecule has 16 heavy (non-hydrogen) atoms. The third kappa shape index (κ3) is 3.65. The number of pyridine rings is 1. The van der Waals surface area contributed by atoms with Gasteiger partial charge in [-0.2, -0.15) is 0 Å². The Morgan fingerprint density at radius 2 is 1.81 bits per heavy atom. The van der Waals surface area contributed by atoms with Crippen molar-refractivity contribution in [3.05, 3.63) is 28.0 Å². The summed E-state index contributed by atoms with van der Waals surface area (Å²) in [6, 6.07) is 3.19. The number of hydrogen-bond donors (Lipinski definition) is 1. The molecule has 5 heteroatoms. The summed E-state index contributed by atoms with van der Waals surface area (Å²) < 4.78 is 0. The molecule has 88 valence electrons. The van der Waals surface area contributed by atoms with Gasteiger partial charge in [-0.25, -0.2) is 4.98 Å². The van der Waals surface area contributed by atoms with Gasteiger partial charge in [0.2, 0.25) is 0 Å². The molecule has 0 aliphatic heterocycles. The maximum atomic E-state index is 11.8. The van der Waals surface area contributed by atoms with Crippen LogP contribution in [0.25, 0.3) is 0 Å². The van der Waals surface area contributed by atoms with Crippen LogP contribution in [0.2, 0.25) is 10.3 Å². The maximum absolute atomic E-state index is 11.8. The van der Waals surface area contributed by atoms with E-state index in [2.05, 4.69) is 10.3 Å². The van der Waals surface area contributed by atoms with Gasteiger partial charge in [-0.3, -0.25) is 4.79 Å². The summed E-state index contributed by atoms with van der Waals surface area (Å²) in [7, 11) is 0. The zero-order chi connectivity index (χ0) is 12.1. The summed E-state index contributed by atoms with van der Waals surface area (Å²) >= 11 is 11.4. The summed E-state index contributed by atoms with van der Waals surface area (Å²) in [6.45, 7) is 4.06. The van der Waals surface area contributed by atoms with Gasteiger partial charge in [0, 0.05) is 11.6 Å². The number of aromatic nitrogens is 1. The lowest BCUT2D eigenvalue weighted by molar-refractivity contribution is 0.0934. The van der Waals surface area contributed by atoms with Crippen LogP contribution in [-0.2, 0) is 0 Å². The molecule has 0 atom stereocenters. The summed E-state index contributed by atoms with van der Waals surface area (Å²) in [4.78, 5) is 15.6. The van der Waals surface area contributed by atoms with E-state index in [0.29, 0.717) is 5.56 Å². The zero-order valence-electron chi connectivity index (χ0n) is 9.26. The van der Waals surface area contributed by atoms with Crippen molar-refractivity contribution in [3.63, 3.8) is 0 Å². The zero-order valence-corrected chi connectivity index (χ0v) is 10.8. The predicted octanol–water partition coefficient (Wildman–Crippen LogP) is 3.31. The van der Waals surface area contributed by atoms with Crippen molar-refractivity contribution in [3.8, 4) is 0 Å². The SMILES string of the molecule is CCC(CC)NC(=O)c1cc(Cl)nc(Cl)c1. The van der Waals surface area contributed by atoms with Crippen molar-refractivity contribution in [2.24, 2.45) is 0 Å². The van der Waals surface area contributed by atoms with Crippen molar-refractivity contribution in [2.75, 3.05) is 0 Å². The van der Waals surface area contributed by atoms with E-state index < -0.39 is 0 Å². The fraction of sp³-hybridized carbons (Fsp3) is 0.455. The normalized spacial score (nSPS) is 10.6. The quantitative estimate of drug-likeness (QED) is 0.845. The first-order valence-electron chi connectivity index (χ1n) is 5.20. The van der Waals surface area contributed by atoms with Crippen LogP contribution in [0.1, 0.15) is 37.0 Å². The monoisotopic (exact) mass is 260 g/mol. The van der Waals surface area contributed by atoms with Gasteiger partial charge in [0.25, 0.3) is 5.91 Å². The molecule has 1 aromatic heterocycles. The van der Waals surface area contributed by atoms with Gasteiger partial charge in [-0.1, -0.05) is 37.0 Å². The highest BCUT2D eigenvalue weighted by Crippen LogP contribution is 2.14. The molecule has 0 unspecified atom stereocenters. The lowest BCUT2D eigenvalue weighted by Gasteiger charge is -2.14. The van der Waals surface area contributed by atoms with Gasteiger partial charge in [0.15, 0.2) is 0 Å². The molecule has 1 heterocycles. The standard InChI is InChI=1S/C11H14Cl2N2O/c1-3-8(4-2)14-11(16)7-5-9(12)15-10(13)6-7/h5-6,8H,3-4H2,1-2H3,(H,14,16). The highest BCUT2D eigenvalue weighted by molar-refractivity contribution is 6.33. The van der Waals surface area contributed by atoms with E-state index in [0.717, 1.165) is 12.8 Å². The number of carbonyl (C=O) groups excluding carboxylic acids is 1. The number of nitrogens with one attached hydrogen (secondary N) is 1. The molecule has 0 saturated heterocycles. The van der Waals surface area contributed by atoms with Crippen LogP contribution >= 0.6 is 23.2 Å². The second-order valence-electron chi connectivity index (χ2n) is 3.49. The summed E-state index contributed by atoms with van der Waals surface area (Å²) in [5.41, 5.74) is 0.442. The van der Waals surface area contributed by atoms with E-state index in [1.165, 1.54) is 12.1 Å². The van der Waals surface area contributed by atoms with Crippen molar-refractivity contribution in [1.82, 2.24) is 10.3 Å². The second kappa shape index (κ2) is 6.06. The molecule has 1 N–H and O–H groups in total. The Kier molecular flexibility index (Phi) is 5.03. The van der Waals surface area contributed by atoms with Crippen molar-refractivity contribution in [2.45, 2.75) is 32.7 Å². The van der Waals surface area contributed by atoms with E-state index in [-0.39, 0.29) is 22.3 Å². The van der Waals surface area contributed by atoms with Crippen LogP contribution in [0.3, 0.4) is 0 Å². The van der Waals surface area contributed by atoms with E-state index in [1.54, 1.807) is 0 Å². The summed E-state index contributed by atoms with van der Waals surface area (Å²) in [6.07, 6.45) is 1.80. The van der Waals surface area contributed by atoms with E-state index in [4.69, 9.17) is 23.2 Å². The number of hydrogen-bond acceptors (Lipinski definition) is 2. The van der Waals surface area contributed by atoms with E-state index in [1.807, 2.05) is 13.8 Å². The second-order valence-corrected chi connectivity index (χ2v) is 4.26. The molecule has 3 nitrogen and oxygen atoms in total. The van der Waals surface area contributed by atoms with E-state index >= 15 is 0 Å². The average molecular weight is 261 g/mol. The Morgan fingerprint density at radius 3 is 2.25 bits per heavy atom. The van der Waals surface area contributed by atoms with Crippen LogP contribution in [0.5, 0.6) is 0 Å². The molecule has 0 aromatic carbocycles. The Balaban J connectivity index is 2.80. The molecule has 0 aliphatic carbocycles. The first kappa shape index (κ1) is 13.3. The first-order valence-corrected chi connectivity index (χ1v) is 5.96. The lowest BCUT2D eigenvalue weighted by atomic mass is 10.1. The highest BCUT2D eigenvalue weighted by Gasteiger charge is 2.12. The molecule has 1 amide bonds. The molecule has 0 radical (unpaired) electrons. The number of nitrogens with zero attached hydrogens (tertiary/aromatic N) is 1. The van der Waals surface area contributed by atoms with Crippen LogP contribution in [0.15, 0.2) is 12.1 Å². The number of carbonyl (C=O) groups is 1. The Hall–Kier alpha value is -0.800. The molecular formula is C11H14Cl2N2O. The average Bonchev–Trinajstić information content (AvgIpc) is 2.24. The van der Waals surface area contributed by atoms with Gasteiger partial charge in [-0.05, 0) is 25.0 Å². The minimum absolute atomic E-state index is 0.167. The highest BCUT2D eigenvalue weighted by atomic mass is 35.5. The first-order chi connectivity index (χ1) is 7.56. The van der Waals surface area contributed by atoms with Gasteiger partial charge in [-0.15, -0.1) is 0 Å². The Bertz CT molecular complexity index is 358. The lowest BCUT2D eigenvalue weighted by Crippen LogP contribution is -2.33. The van der Waals surface area contributed by atoms with Crippen LogP contribution < -0.4 is 5.32 Å². The maximum Gasteiger partial charge on any atom is 0.251 e. The Morgan fingerprint density at radius 1 is 1.31 bits per heavy atom. The molecule has 0 fully saturated rings. The Labute approximate surface area is 105 Å².